The number of ether oxygens (including phenoxy) is 1. The number of para-hydroxylation sites is 2. The zero-order valence-corrected chi connectivity index (χ0v) is 14.6. The van der Waals surface area contributed by atoms with Gasteiger partial charge in [-0.25, -0.2) is 9.78 Å². The van der Waals surface area contributed by atoms with Crippen LogP contribution in [-0.4, -0.2) is 34.7 Å². The predicted molar refractivity (Wildman–Crippen MR) is 98.0 cm³/mol. The number of aromatic amines is 1. The molecule has 128 valence electrons. The van der Waals surface area contributed by atoms with Gasteiger partial charge in [0.1, 0.15) is 0 Å². The molecular formula is C18H17N3O3S. The average Bonchev–Trinajstić information content (AvgIpc) is 3.04. The number of amides is 1. The first-order valence-corrected chi connectivity index (χ1v) is 8.62. The van der Waals surface area contributed by atoms with Gasteiger partial charge in [0.05, 0.1) is 35.1 Å². The number of carbonyl (C=O) groups excluding carboxylic acids is 2. The molecular weight excluding hydrogens is 338 g/mol. The lowest BCUT2D eigenvalue weighted by Crippen LogP contribution is -2.17. The molecule has 0 saturated carbocycles. The molecule has 6 nitrogen and oxygen atoms in total. The molecule has 3 rings (SSSR count). The first-order valence-electron chi connectivity index (χ1n) is 7.64. The number of nitrogens with zero attached hydrogens (tertiary/aromatic N) is 1. The van der Waals surface area contributed by atoms with Crippen molar-refractivity contribution < 1.29 is 14.3 Å². The van der Waals surface area contributed by atoms with Crippen molar-refractivity contribution >= 4 is 40.4 Å². The lowest BCUT2D eigenvalue weighted by atomic mass is 10.2. The van der Waals surface area contributed by atoms with Gasteiger partial charge >= 0.3 is 5.97 Å². The van der Waals surface area contributed by atoms with Crippen LogP contribution in [0.25, 0.3) is 11.0 Å². The van der Waals surface area contributed by atoms with Crippen molar-refractivity contribution in [3.8, 4) is 0 Å². The van der Waals surface area contributed by atoms with Crippen LogP contribution < -0.4 is 5.32 Å². The molecule has 0 aliphatic heterocycles. The second-order valence-electron chi connectivity index (χ2n) is 5.39. The number of aryl methyl sites for hydroxylation is 1. The number of hydrogen-bond acceptors (Lipinski definition) is 5. The zero-order chi connectivity index (χ0) is 17.8. The van der Waals surface area contributed by atoms with Crippen molar-refractivity contribution in [1.82, 2.24) is 9.97 Å². The number of aromatic nitrogens is 2. The topological polar surface area (TPSA) is 84.1 Å². The Hall–Kier alpha value is -2.80. The molecule has 2 N–H and O–H groups in total. The molecule has 25 heavy (non-hydrogen) atoms. The first kappa shape index (κ1) is 17.0. The van der Waals surface area contributed by atoms with Crippen molar-refractivity contribution in [1.29, 1.82) is 0 Å². The van der Waals surface area contributed by atoms with E-state index in [1.165, 1.54) is 18.9 Å². The Morgan fingerprint density at radius 1 is 1.20 bits per heavy atom. The number of thioether (sulfide) groups is 1. The van der Waals surface area contributed by atoms with Crippen LogP contribution in [0, 0.1) is 6.92 Å². The number of rotatable bonds is 5. The summed E-state index contributed by atoms with van der Waals surface area (Å²) in [7, 11) is 1.31. The van der Waals surface area contributed by atoms with E-state index in [4.69, 9.17) is 4.74 Å². The average molecular weight is 355 g/mol. The van der Waals surface area contributed by atoms with Crippen LogP contribution in [0.15, 0.2) is 47.6 Å². The summed E-state index contributed by atoms with van der Waals surface area (Å²) in [6.07, 6.45) is 0. The molecule has 0 bridgehead atoms. The van der Waals surface area contributed by atoms with E-state index in [9.17, 15) is 9.59 Å². The normalized spacial score (nSPS) is 10.6. The molecule has 0 saturated heterocycles. The molecule has 0 radical (unpaired) electrons. The maximum Gasteiger partial charge on any atom is 0.339 e. The van der Waals surface area contributed by atoms with Crippen LogP contribution in [0.3, 0.4) is 0 Å². The molecule has 1 heterocycles. The number of imidazole rings is 1. The summed E-state index contributed by atoms with van der Waals surface area (Å²) < 4.78 is 4.72. The lowest BCUT2D eigenvalue weighted by molar-refractivity contribution is -0.113. The second kappa shape index (κ2) is 7.40. The summed E-state index contributed by atoms with van der Waals surface area (Å²) in [5.41, 5.74) is 3.68. The minimum Gasteiger partial charge on any atom is -0.465 e. The van der Waals surface area contributed by atoms with Crippen molar-refractivity contribution in [3.05, 3.63) is 53.6 Å². The van der Waals surface area contributed by atoms with E-state index in [0.29, 0.717) is 16.4 Å². The standard InChI is InChI=1S/C18H17N3O3S/c1-11-6-5-9-14-16(11)21-18(20-14)25-10-15(22)19-13-8-4-3-7-12(13)17(23)24-2/h3-9H,10H2,1-2H3,(H,19,22)(H,20,21). The van der Waals surface area contributed by atoms with Crippen LogP contribution >= 0.6 is 11.8 Å². The molecule has 7 heteroatoms. The lowest BCUT2D eigenvalue weighted by Gasteiger charge is -2.08. The van der Waals surface area contributed by atoms with Gasteiger partial charge in [0.25, 0.3) is 0 Å². The van der Waals surface area contributed by atoms with Crippen LogP contribution in [0.1, 0.15) is 15.9 Å². The molecule has 0 spiro atoms. The Balaban J connectivity index is 1.67. The molecule has 0 unspecified atom stereocenters. The summed E-state index contributed by atoms with van der Waals surface area (Å²) in [6, 6.07) is 12.6. The van der Waals surface area contributed by atoms with Crippen molar-refractivity contribution in [2.75, 3.05) is 18.2 Å². The number of benzene rings is 2. The molecule has 0 aliphatic carbocycles. The van der Waals surface area contributed by atoms with Crippen molar-refractivity contribution in [3.63, 3.8) is 0 Å². The quantitative estimate of drug-likeness (QED) is 0.541. The summed E-state index contributed by atoms with van der Waals surface area (Å²) in [4.78, 5) is 31.6. The molecule has 0 fully saturated rings. The van der Waals surface area contributed by atoms with Crippen molar-refractivity contribution in [2.45, 2.75) is 12.1 Å². The largest absolute Gasteiger partial charge is 0.465 e. The number of fused-ring (bicyclic) bond motifs is 1. The monoisotopic (exact) mass is 355 g/mol. The molecule has 1 aromatic heterocycles. The zero-order valence-electron chi connectivity index (χ0n) is 13.8. The minimum atomic E-state index is -0.490. The number of esters is 1. The molecule has 0 atom stereocenters. The molecule has 0 aliphatic rings. The number of methoxy groups -OCH3 is 1. The SMILES string of the molecule is COC(=O)c1ccccc1NC(=O)CSc1nc2c(C)cccc2[nH]1. The molecule has 1 amide bonds. The van der Waals surface area contributed by atoms with E-state index < -0.39 is 5.97 Å². The van der Waals surface area contributed by atoms with Gasteiger partial charge in [-0.2, -0.15) is 0 Å². The maximum absolute atomic E-state index is 12.2. The fourth-order valence-electron chi connectivity index (χ4n) is 2.42. The van der Waals surface area contributed by atoms with Gasteiger partial charge in [-0.05, 0) is 30.7 Å². The highest BCUT2D eigenvalue weighted by atomic mass is 32.2. The molecule has 3 aromatic rings. The summed E-state index contributed by atoms with van der Waals surface area (Å²) >= 11 is 1.31. The van der Waals surface area contributed by atoms with Crippen LogP contribution in [0.2, 0.25) is 0 Å². The van der Waals surface area contributed by atoms with Crippen molar-refractivity contribution in [2.24, 2.45) is 0 Å². The van der Waals surface area contributed by atoms with E-state index in [1.807, 2.05) is 25.1 Å². The van der Waals surface area contributed by atoms with Gasteiger partial charge in [-0.1, -0.05) is 36.0 Å². The minimum absolute atomic E-state index is 0.175. The van der Waals surface area contributed by atoms with E-state index >= 15 is 0 Å². The van der Waals surface area contributed by atoms with E-state index in [2.05, 4.69) is 15.3 Å². The number of hydrogen-bond donors (Lipinski definition) is 2. The highest BCUT2D eigenvalue weighted by Gasteiger charge is 2.14. The van der Waals surface area contributed by atoms with Gasteiger partial charge in [0, 0.05) is 0 Å². The Bertz CT molecular complexity index is 936. The highest BCUT2D eigenvalue weighted by molar-refractivity contribution is 7.99. The van der Waals surface area contributed by atoms with Gasteiger partial charge < -0.3 is 15.0 Å². The summed E-state index contributed by atoms with van der Waals surface area (Å²) in [5, 5.41) is 3.42. The molecule has 2 aromatic carbocycles. The van der Waals surface area contributed by atoms with Crippen LogP contribution in [0.5, 0.6) is 0 Å². The van der Waals surface area contributed by atoms with Gasteiger partial charge in [0.2, 0.25) is 5.91 Å². The van der Waals surface area contributed by atoms with Gasteiger partial charge in [-0.15, -0.1) is 0 Å². The maximum atomic E-state index is 12.2. The highest BCUT2D eigenvalue weighted by Crippen LogP contribution is 2.22. The number of H-pyrrole nitrogens is 1. The fraction of sp³-hybridized carbons (Fsp3) is 0.167. The number of anilines is 1. The van der Waals surface area contributed by atoms with E-state index in [0.717, 1.165) is 16.6 Å². The number of nitrogens with one attached hydrogen (secondary N) is 2. The van der Waals surface area contributed by atoms with Gasteiger partial charge in [-0.3, -0.25) is 4.79 Å². The van der Waals surface area contributed by atoms with E-state index in [1.54, 1.807) is 24.3 Å². The van der Waals surface area contributed by atoms with Gasteiger partial charge in [0.15, 0.2) is 5.16 Å². The Labute approximate surface area is 149 Å². The predicted octanol–water partition coefficient (Wildman–Crippen LogP) is 3.39. The number of carbonyl (C=O) groups is 2. The Morgan fingerprint density at radius 2 is 2.00 bits per heavy atom. The smallest absolute Gasteiger partial charge is 0.339 e. The summed E-state index contributed by atoms with van der Waals surface area (Å²) in [6.45, 7) is 1.99. The first-order chi connectivity index (χ1) is 12.1. The third-order valence-corrected chi connectivity index (χ3v) is 4.51. The Morgan fingerprint density at radius 3 is 2.76 bits per heavy atom. The summed E-state index contributed by atoms with van der Waals surface area (Å²) in [5.74, 6) is -0.538. The third-order valence-electron chi connectivity index (χ3n) is 3.64. The Kier molecular flexibility index (Phi) is 5.04. The fourth-order valence-corrected chi connectivity index (χ4v) is 3.10. The van der Waals surface area contributed by atoms with Crippen LogP contribution in [-0.2, 0) is 9.53 Å². The van der Waals surface area contributed by atoms with E-state index in [-0.39, 0.29) is 11.7 Å². The van der Waals surface area contributed by atoms with Crippen LogP contribution in [0.4, 0.5) is 5.69 Å². The third kappa shape index (κ3) is 3.83. The second-order valence-corrected chi connectivity index (χ2v) is 6.35.